The first-order chi connectivity index (χ1) is 24.4. The third kappa shape index (κ3) is 8.34. The molecule has 1 aliphatic rings. The van der Waals surface area contributed by atoms with Gasteiger partial charge in [0.15, 0.2) is 9.84 Å². The summed E-state index contributed by atoms with van der Waals surface area (Å²) in [4.78, 5) is 0.221. The molecular weight excluding hydrogens is 649 g/mol. The van der Waals surface area contributed by atoms with Crippen molar-refractivity contribution in [2.45, 2.75) is 55.2 Å². The molecule has 1 aliphatic carbocycles. The zero-order chi connectivity index (χ0) is 34.8. The summed E-state index contributed by atoms with van der Waals surface area (Å²) >= 11 is 0. The molecule has 0 radical (unpaired) electrons. The van der Waals surface area contributed by atoms with Crippen molar-refractivity contribution in [3.8, 4) is 5.75 Å². The SMILES string of the molecule is COc1ccc(COC[C@@]2(S(=O)(=O)c3ccc(C)cc3)[C@@H]([C@H](COCc3ccccc3)OCc3ccccc3)[C@H]2OCc2ccccc2)cc1. The van der Waals surface area contributed by atoms with Gasteiger partial charge < -0.3 is 23.7 Å². The second kappa shape index (κ2) is 16.6. The number of ether oxygens (including phenoxy) is 5. The molecule has 0 heterocycles. The van der Waals surface area contributed by atoms with E-state index in [1.807, 2.05) is 134 Å². The molecular formula is C42H44O7S. The number of methoxy groups -OCH3 is 1. The number of hydrogen-bond acceptors (Lipinski definition) is 7. The van der Waals surface area contributed by atoms with Gasteiger partial charge in [-0.3, -0.25) is 0 Å². The van der Waals surface area contributed by atoms with Gasteiger partial charge in [-0.05, 0) is 53.4 Å². The van der Waals surface area contributed by atoms with Crippen LogP contribution in [-0.4, -0.2) is 45.7 Å². The predicted molar refractivity (Wildman–Crippen MR) is 193 cm³/mol. The average Bonchev–Trinajstić information content (AvgIpc) is 3.82. The maximum Gasteiger partial charge on any atom is 0.189 e. The molecule has 6 rings (SSSR count). The lowest BCUT2D eigenvalue weighted by Crippen LogP contribution is -2.37. The first-order valence-corrected chi connectivity index (χ1v) is 18.3. The smallest absolute Gasteiger partial charge is 0.189 e. The summed E-state index contributed by atoms with van der Waals surface area (Å²) in [7, 11) is -2.40. The molecule has 0 aliphatic heterocycles. The molecule has 7 nitrogen and oxygen atoms in total. The third-order valence-electron chi connectivity index (χ3n) is 9.22. The van der Waals surface area contributed by atoms with Crippen LogP contribution in [0.5, 0.6) is 5.75 Å². The van der Waals surface area contributed by atoms with Crippen molar-refractivity contribution >= 4 is 9.84 Å². The predicted octanol–water partition coefficient (Wildman–Crippen LogP) is 7.75. The van der Waals surface area contributed by atoms with Crippen molar-refractivity contribution in [2.24, 2.45) is 5.92 Å². The lowest BCUT2D eigenvalue weighted by molar-refractivity contribution is -0.0527. The van der Waals surface area contributed by atoms with E-state index in [4.69, 9.17) is 23.7 Å². The van der Waals surface area contributed by atoms with Crippen LogP contribution in [0.2, 0.25) is 0 Å². The van der Waals surface area contributed by atoms with Crippen molar-refractivity contribution in [3.05, 3.63) is 167 Å². The van der Waals surface area contributed by atoms with Crippen LogP contribution in [0, 0.1) is 12.8 Å². The normalized spacial score (nSPS) is 19.2. The molecule has 8 heteroatoms. The fourth-order valence-corrected chi connectivity index (χ4v) is 8.66. The zero-order valence-electron chi connectivity index (χ0n) is 28.5. The summed E-state index contributed by atoms with van der Waals surface area (Å²) in [6.07, 6.45) is -1.35. The Morgan fingerprint density at radius 2 is 1.14 bits per heavy atom. The van der Waals surface area contributed by atoms with E-state index < -0.39 is 32.7 Å². The number of sulfone groups is 1. The van der Waals surface area contributed by atoms with Crippen LogP contribution in [0.25, 0.3) is 0 Å². The van der Waals surface area contributed by atoms with Crippen LogP contribution < -0.4 is 4.74 Å². The Labute approximate surface area is 295 Å². The highest BCUT2D eigenvalue weighted by Gasteiger charge is 2.76. The first-order valence-electron chi connectivity index (χ1n) is 16.9. The minimum absolute atomic E-state index is 0.0940. The van der Waals surface area contributed by atoms with Crippen molar-refractivity contribution < 1.29 is 32.1 Å². The van der Waals surface area contributed by atoms with Gasteiger partial charge in [0.25, 0.3) is 0 Å². The summed E-state index contributed by atoms with van der Waals surface area (Å²) < 4.78 is 59.7. The minimum Gasteiger partial charge on any atom is -0.497 e. The van der Waals surface area contributed by atoms with E-state index in [9.17, 15) is 8.42 Å². The highest BCUT2D eigenvalue weighted by atomic mass is 32.2. The quantitative estimate of drug-likeness (QED) is 0.0929. The number of benzene rings is 5. The number of hydrogen-bond donors (Lipinski definition) is 0. The largest absolute Gasteiger partial charge is 0.497 e. The monoisotopic (exact) mass is 692 g/mol. The molecule has 0 amide bonds. The molecule has 260 valence electrons. The molecule has 0 unspecified atom stereocenters. The van der Waals surface area contributed by atoms with Gasteiger partial charge in [-0.2, -0.15) is 0 Å². The minimum atomic E-state index is -4.02. The van der Waals surface area contributed by atoms with Gasteiger partial charge >= 0.3 is 0 Å². The van der Waals surface area contributed by atoms with E-state index in [0.29, 0.717) is 6.61 Å². The van der Waals surface area contributed by atoms with Crippen LogP contribution in [0.3, 0.4) is 0 Å². The highest BCUT2D eigenvalue weighted by Crippen LogP contribution is 2.58. The average molecular weight is 693 g/mol. The lowest BCUT2D eigenvalue weighted by atomic mass is 10.2. The van der Waals surface area contributed by atoms with Crippen LogP contribution >= 0.6 is 0 Å². The topological polar surface area (TPSA) is 80.3 Å². The zero-order valence-corrected chi connectivity index (χ0v) is 29.3. The van der Waals surface area contributed by atoms with Crippen LogP contribution in [0.4, 0.5) is 0 Å². The summed E-state index contributed by atoms with van der Waals surface area (Å²) in [5.41, 5.74) is 4.81. The van der Waals surface area contributed by atoms with Gasteiger partial charge in [0.2, 0.25) is 0 Å². The Bertz CT molecular complexity index is 1870. The van der Waals surface area contributed by atoms with Gasteiger partial charge in [0.1, 0.15) is 10.5 Å². The van der Waals surface area contributed by atoms with Crippen molar-refractivity contribution in [1.82, 2.24) is 0 Å². The Morgan fingerprint density at radius 3 is 1.72 bits per heavy atom. The maximum absolute atomic E-state index is 15.0. The molecule has 4 atom stereocenters. The lowest BCUT2D eigenvalue weighted by Gasteiger charge is -2.23. The summed E-state index contributed by atoms with van der Waals surface area (Å²) in [5, 5.41) is 0. The Kier molecular flexibility index (Phi) is 11.8. The van der Waals surface area contributed by atoms with Gasteiger partial charge in [-0.1, -0.05) is 121 Å². The Morgan fingerprint density at radius 1 is 0.620 bits per heavy atom. The van der Waals surface area contributed by atoms with Crippen LogP contribution in [-0.2, 0) is 55.2 Å². The van der Waals surface area contributed by atoms with Crippen molar-refractivity contribution in [1.29, 1.82) is 0 Å². The van der Waals surface area contributed by atoms with E-state index in [2.05, 4.69) is 0 Å². The summed E-state index contributed by atoms with van der Waals surface area (Å²) in [6, 6.07) is 44.1. The summed E-state index contributed by atoms with van der Waals surface area (Å²) in [6.45, 7) is 3.11. The van der Waals surface area contributed by atoms with E-state index in [1.54, 1.807) is 19.2 Å². The van der Waals surface area contributed by atoms with Gasteiger partial charge in [0.05, 0.1) is 63.9 Å². The standard InChI is InChI=1S/C42H44O7S/c1-32-18-24-38(25-19-32)50(43,44)42(31-47-27-36-20-22-37(45-2)23-21-36)40(41(42)49-29-35-16-10-5-11-17-35)39(48-28-34-14-8-4-9-15-34)30-46-26-33-12-6-3-7-13-33/h3-25,39-41H,26-31H2,1-2H3/t39-,40-,41+,42+/m0/s1. The van der Waals surface area contributed by atoms with Gasteiger partial charge in [-0.15, -0.1) is 0 Å². The Balaban J connectivity index is 1.35. The van der Waals surface area contributed by atoms with E-state index in [0.717, 1.165) is 33.6 Å². The summed E-state index contributed by atoms with van der Waals surface area (Å²) in [5.74, 6) is 0.144. The molecule has 1 fully saturated rings. The third-order valence-corrected chi connectivity index (χ3v) is 11.7. The van der Waals surface area contributed by atoms with Crippen molar-refractivity contribution in [2.75, 3.05) is 20.3 Å². The van der Waals surface area contributed by atoms with Gasteiger partial charge in [0, 0.05) is 5.92 Å². The highest BCUT2D eigenvalue weighted by molar-refractivity contribution is 7.93. The second-order valence-electron chi connectivity index (χ2n) is 12.7. The molecule has 0 saturated heterocycles. The molecule has 5 aromatic carbocycles. The van der Waals surface area contributed by atoms with E-state index in [-0.39, 0.29) is 37.9 Å². The van der Waals surface area contributed by atoms with Gasteiger partial charge in [-0.25, -0.2) is 8.42 Å². The molecule has 50 heavy (non-hydrogen) atoms. The Hall–Kier alpha value is -4.31. The van der Waals surface area contributed by atoms with E-state index in [1.165, 1.54) is 0 Å². The van der Waals surface area contributed by atoms with Crippen molar-refractivity contribution in [3.63, 3.8) is 0 Å². The number of aryl methyl sites for hydroxylation is 1. The molecule has 0 spiro atoms. The van der Waals surface area contributed by atoms with E-state index >= 15 is 0 Å². The first kappa shape index (κ1) is 35.5. The maximum atomic E-state index is 15.0. The fraction of sp³-hybridized carbons (Fsp3) is 0.286. The van der Waals surface area contributed by atoms with Crippen LogP contribution in [0.1, 0.15) is 27.8 Å². The fourth-order valence-electron chi connectivity index (χ4n) is 6.40. The van der Waals surface area contributed by atoms with Crippen LogP contribution in [0.15, 0.2) is 144 Å². The molecule has 0 aromatic heterocycles. The molecule has 0 bridgehead atoms. The molecule has 0 N–H and O–H groups in total. The molecule has 5 aromatic rings. The second-order valence-corrected chi connectivity index (χ2v) is 14.9. The molecule has 1 saturated carbocycles. The number of rotatable bonds is 18.